The quantitative estimate of drug-likeness (QED) is 0.459. The topological polar surface area (TPSA) is 42.2 Å². The van der Waals surface area contributed by atoms with Crippen LogP contribution < -0.4 is 5.32 Å². The lowest BCUT2D eigenvalue weighted by atomic mass is 10.1. The average molecular weight is 435 g/mol. The monoisotopic (exact) mass is 435 g/mol. The first kappa shape index (κ1) is 16.0. The Bertz CT molecular complexity index is 794. The lowest BCUT2D eigenvalue weighted by molar-refractivity contribution is -0.116. The summed E-state index contributed by atoms with van der Waals surface area (Å²) in [6.45, 7) is 0. The lowest BCUT2D eigenvalue weighted by Gasteiger charge is -2.17. The number of halogens is 1. The van der Waals surface area contributed by atoms with Crippen LogP contribution in [0.1, 0.15) is 22.2 Å². The molecule has 0 aliphatic rings. The SMILES string of the molecule is O=C(/C=C/c1ccc(I)o1)N[C@@H](c1ccccc1)c1cccs1. The number of carbonyl (C=O) groups is 1. The molecule has 23 heavy (non-hydrogen) atoms. The van der Waals surface area contributed by atoms with Gasteiger partial charge in [0.25, 0.3) is 0 Å². The molecule has 1 N–H and O–H groups in total. The van der Waals surface area contributed by atoms with E-state index in [0.29, 0.717) is 5.76 Å². The first-order valence-electron chi connectivity index (χ1n) is 7.04. The Kier molecular flexibility index (Phi) is 5.30. The molecule has 3 aromatic rings. The van der Waals surface area contributed by atoms with Crippen molar-refractivity contribution in [2.45, 2.75) is 6.04 Å². The number of thiophene rings is 1. The number of nitrogens with one attached hydrogen (secondary N) is 1. The van der Waals surface area contributed by atoms with Crippen molar-refractivity contribution in [3.8, 4) is 0 Å². The fraction of sp³-hybridized carbons (Fsp3) is 0.0556. The van der Waals surface area contributed by atoms with Gasteiger partial charge in [0.2, 0.25) is 5.91 Å². The number of hydrogen-bond donors (Lipinski definition) is 1. The molecule has 5 heteroatoms. The molecule has 0 aliphatic carbocycles. The van der Waals surface area contributed by atoms with Gasteiger partial charge in [-0.15, -0.1) is 11.3 Å². The largest absolute Gasteiger partial charge is 0.451 e. The molecule has 116 valence electrons. The molecule has 3 nitrogen and oxygen atoms in total. The third-order valence-electron chi connectivity index (χ3n) is 3.24. The highest BCUT2D eigenvalue weighted by Crippen LogP contribution is 2.25. The van der Waals surface area contributed by atoms with Gasteiger partial charge in [0.15, 0.2) is 3.77 Å². The van der Waals surface area contributed by atoms with Crippen LogP contribution >= 0.6 is 33.9 Å². The standard InChI is InChI=1S/C18H14INO2S/c19-16-10-8-14(22-16)9-11-17(21)20-18(15-7-4-12-23-15)13-5-2-1-3-6-13/h1-12,18H,(H,20,21)/b11-9+/t18-/m0/s1. The van der Waals surface area contributed by atoms with E-state index in [1.165, 1.54) is 6.08 Å². The second-order valence-corrected chi connectivity index (χ2v) is 6.89. The van der Waals surface area contributed by atoms with E-state index in [-0.39, 0.29) is 11.9 Å². The average Bonchev–Trinajstić information content (AvgIpc) is 3.23. The molecule has 0 bridgehead atoms. The molecule has 2 heterocycles. The van der Waals surface area contributed by atoms with Crippen molar-refractivity contribution in [1.29, 1.82) is 0 Å². The summed E-state index contributed by atoms with van der Waals surface area (Å²) in [4.78, 5) is 13.4. The summed E-state index contributed by atoms with van der Waals surface area (Å²) in [5.74, 6) is 0.510. The van der Waals surface area contributed by atoms with Crippen LogP contribution in [0.5, 0.6) is 0 Å². The third-order valence-corrected chi connectivity index (χ3v) is 4.76. The van der Waals surface area contributed by atoms with Crippen molar-refractivity contribution in [3.05, 3.63) is 86.0 Å². The van der Waals surface area contributed by atoms with E-state index in [4.69, 9.17) is 4.42 Å². The van der Waals surface area contributed by atoms with E-state index in [0.717, 1.165) is 14.2 Å². The summed E-state index contributed by atoms with van der Waals surface area (Å²) < 4.78 is 6.21. The molecule has 2 aromatic heterocycles. The van der Waals surface area contributed by atoms with Crippen LogP contribution in [0.25, 0.3) is 6.08 Å². The van der Waals surface area contributed by atoms with Crippen molar-refractivity contribution >= 4 is 45.9 Å². The van der Waals surface area contributed by atoms with Gasteiger partial charge in [0.1, 0.15) is 5.76 Å². The molecule has 0 unspecified atom stereocenters. The number of carbonyl (C=O) groups excluding carboxylic acids is 1. The molecule has 0 spiro atoms. The predicted octanol–water partition coefficient (Wildman–Crippen LogP) is 4.86. The zero-order valence-electron chi connectivity index (χ0n) is 12.1. The van der Waals surface area contributed by atoms with E-state index in [9.17, 15) is 4.79 Å². The Hall–Kier alpha value is -1.86. The molecule has 1 aromatic carbocycles. The van der Waals surface area contributed by atoms with E-state index < -0.39 is 0 Å². The number of amides is 1. The van der Waals surface area contributed by atoms with Gasteiger partial charge in [-0.3, -0.25) is 4.79 Å². The maximum absolute atomic E-state index is 12.3. The Balaban J connectivity index is 1.76. The summed E-state index contributed by atoms with van der Waals surface area (Å²) in [6, 6.07) is 17.5. The highest BCUT2D eigenvalue weighted by atomic mass is 127. The summed E-state index contributed by atoms with van der Waals surface area (Å²) in [7, 11) is 0. The van der Waals surface area contributed by atoms with Crippen LogP contribution in [-0.2, 0) is 4.79 Å². The van der Waals surface area contributed by atoms with Gasteiger partial charge in [-0.2, -0.15) is 0 Å². The second-order valence-electron chi connectivity index (χ2n) is 4.84. The summed E-state index contributed by atoms with van der Waals surface area (Å²) in [5, 5.41) is 5.07. The van der Waals surface area contributed by atoms with Crippen molar-refractivity contribution in [1.82, 2.24) is 5.32 Å². The minimum absolute atomic E-state index is 0.148. The Labute approximate surface area is 152 Å². The molecule has 1 atom stereocenters. The fourth-order valence-corrected chi connectivity index (χ4v) is 3.42. The lowest BCUT2D eigenvalue weighted by Crippen LogP contribution is -2.27. The second kappa shape index (κ2) is 7.61. The summed E-state index contributed by atoms with van der Waals surface area (Å²) in [6.07, 6.45) is 3.17. The number of hydrogen-bond acceptors (Lipinski definition) is 3. The summed E-state index contributed by atoms with van der Waals surface area (Å²) in [5.41, 5.74) is 1.06. The molecular weight excluding hydrogens is 421 g/mol. The van der Waals surface area contributed by atoms with Gasteiger partial charge >= 0.3 is 0 Å². The van der Waals surface area contributed by atoms with Gasteiger partial charge in [-0.1, -0.05) is 36.4 Å². The molecule has 1 amide bonds. The van der Waals surface area contributed by atoms with E-state index in [1.807, 2.05) is 60.0 Å². The van der Waals surface area contributed by atoms with E-state index in [2.05, 4.69) is 27.9 Å². The molecule has 0 radical (unpaired) electrons. The first-order chi connectivity index (χ1) is 11.2. The molecule has 3 rings (SSSR count). The van der Waals surface area contributed by atoms with Gasteiger partial charge in [-0.05, 0) is 57.8 Å². The van der Waals surface area contributed by atoms with Crippen LogP contribution in [0.2, 0.25) is 0 Å². The highest BCUT2D eigenvalue weighted by Gasteiger charge is 2.16. The number of furan rings is 1. The fourth-order valence-electron chi connectivity index (χ4n) is 2.19. The minimum atomic E-state index is -0.154. The molecule has 0 aliphatic heterocycles. The summed E-state index contributed by atoms with van der Waals surface area (Å²) >= 11 is 3.72. The minimum Gasteiger partial charge on any atom is -0.451 e. The molecule has 0 fully saturated rings. The first-order valence-corrected chi connectivity index (χ1v) is 9.00. The van der Waals surface area contributed by atoms with E-state index >= 15 is 0 Å². The zero-order valence-corrected chi connectivity index (χ0v) is 15.1. The van der Waals surface area contributed by atoms with E-state index in [1.54, 1.807) is 17.4 Å². The van der Waals surface area contributed by atoms with Crippen molar-refractivity contribution in [2.75, 3.05) is 0 Å². The zero-order chi connectivity index (χ0) is 16.1. The van der Waals surface area contributed by atoms with Crippen LogP contribution in [0.3, 0.4) is 0 Å². The molecule has 0 saturated carbocycles. The van der Waals surface area contributed by atoms with Crippen LogP contribution in [0, 0.1) is 3.77 Å². The van der Waals surface area contributed by atoms with Crippen LogP contribution in [0.15, 0.2) is 70.5 Å². The van der Waals surface area contributed by atoms with Gasteiger partial charge < -0.3 is 9.73 Å². The molecular formula is C18H14INO2S. The maximum Gasteiger partial charge on any atom is 0.244 e. The predicted molar refractivity (Wildman–Crippen MR) is 101 cm³/mol. The number of rotatable bonds is 5. The van der Waals surface area contributed by atoms with Crippen molar-refractivity contribution in [3.63, 3.8) is 0 Å². The van der Waals surface area contributed by atoms with Gasteiger partial charge in [-0.25, -0.2) is 0 Å². The Morgan fingerprint density at radius 2 is 1.96 bits per heavy atom. The smallest absolute Gasteiger partial charge is 0.244 e. The maximum atomic E-state index is 12.3. The van der Waals surface area contributed by atoms with Crippen LogP contribution in [-0.4, -0.2) is 5.91 Å². The highest BCUT2D eigenvalue weighted by molar-refractivity contribution is 14.1. The van der Waals surface area contributed by atoms with Gasteiger partial charge in [0, 0.05) is 11.0 Å². The third kappa shape index (κ3) is 4.33. The van der Waals surface area contributed by atoms with Crippen molar-refractivity contribution < 1.29 is 9.21 Å². The van der Waals surface area contributed by atoms with Gasteiger partial charge in [0.05, 0.1) is 6.04 Å². The Morgan fingerprint density at radius 3 is 2.61 bits per heavy atom. The number of benzene rings is 1. The van der Waals surface area contributed by atoms with Crippen molar-refractivity contribution in [2.24, 2.45) is 0 Å². The molecule has 0 saturated heterocycles. The Morgan fingerprint density at radius 1 is 1.13 bits per heavy atom. The normalized spacial score (nSPS) is 12.4. The van der Waals surface area contributed by atoms with Crippen LogP contribution in [0.4, 0.5) is 0 Å².